The molecule has 0 aromatic heterocycles. The van der Waals surface area contributed by atoms with Crippen LogP contribution in [0.5, 0.6) is 0 Å². The zero-order valence-corrected chi connectivity index (χ0v) is 14.9. The van der Waals surface area contributed by atoms with Gasteiger partial charge in [0.2, 0.25) is 12.3 Å². The number of nitrogens with zero attached hydrogens (tertiary/aromatic N) is 3. The molecule has 0 unspecified atom stereocenters. The van der Waals surface area contributed by atoms with Gasteiger partial charge in [-0.1, -0.05) is 0 Å². The first-order valence-electron chi connectivity index (χ1n) is 8.64. The maximum Gasteiger partial charge on any atom is 0.238 e. The van der Waals surface area contributed by atoms with E-state index in [9.17, 15) is 9.59 Å². The van der Waals surface area contributed by atoms with Gasteiger partial charge in [0.05, 0.1) is 6.54 Å². The second-order valence-electron chi connectivity index (χ2n) is 6.14. The fraction of sp³-hybridized carbons (Fsp3) is 0.556. The minimum absolute atomic E-state index is 0.00626. The lowest BCUT2D eigenvalue weighted by molar-refractivity contribution is -0.120. The molecule has 1 fully saturated rings. The third-order valence-corrected chi connectivity index (χ3v) is 4.54. The lowest BCUT2D eigenvalue weighted by Crippen LogP contribution is -2.48. The van der Waals surface area contributed by atoms with Gasteiger partial charge in [-0.05, 0) is 44.5 Å². The molecule has 2 rings (SSSR count). The Hall–Kier alpha value is -2.08. The number of carbonyl (C=O) groups is 2. The van der Waals surface area contributed by atoms with Crippen LogP contribution < -0.4 is 10.2 Å². The summed E-state index contributed by atoms with van der Waals surface area (Å²) in [7, 11) is 0. The molecule has 1 aromatic carbocycles. The average molecular weight is 332 g/mol. The molecule has 1 aliphatic rings. The number of amides is 2. The number of aryl methyl sites for hydroxylation is 1. The fourth-order valence-electron chi connectivity index (χ4n) is 2.99. The molecule has 132 valence electrons. The van der Waals surface area contributed by atoms with E-state index >= 15 is 0 Å². The van der Waals surface area contributed by atoms with Gasteiger partial charge in [0.1, 0.15) is 0 Å². The molecule has 6 nitrogen and oxygen atoms in total. The van der Waals surface area contributed by atoms with E-state index in [0.717, 1.165) is 43.8 Å². The van der Waals surface area contributed by atoms with Gasteiger partial charge >= 0.3 is 0 Å². The summed E-state index contributed by atoms with van der Waals surface area (Å²) in [5, 5.41) is 3.00. The van der Waals surface area contributed by atoms with E-state index in [0.29, 0.717) is 19.6 Å². The van der Waals surface area contributed by atoms with Crippen LogP contribution in [0, 0.1) is 6.92 Å². The summed E-state index contributed by atoms with van der Waals surface area (Å²) in [6, 6.07) is 6.15. The Balaban J connectivity index is 1.91. The van der Waals surface area contributed by atoms with E-state index in [2.05, 4.69) is 41.1 Å². The summed E-state index contributed by atoms with van der Waals surface area (Å²) in [6.07, 6.45) is 0.873. The Bertz CT molecular complexity index is 564. The largest absolute Gasteiger partial charge is 0.372 e. The molecule has 1 aliphatic heterocycles. The molecule has 2 amide bonds. The zero-order chi connectivity index (χ0) is 17.5. The highest BCUT2D eigenvalue weighted by atomic mass is 16.2. The third-order valence-electron chi connectivity index (χ3n) is 4.54. The van der Waals surface area contributed by atoms with Gasteiger partial charge in [0, 0.05) is 50.6 Å². The summed E-state index contributed by atoms with van der Waals surface area (Å²) in [6.45, 7) is 11.5. The summed E-state index contributed by atoms with van der Waals surface area (Å²) in [5.74, 6) is -0.00626. The Morgan fingerprint density at radius 2 is 1.88 bits per heavy atom. The van der Waals surface area contributed by atoms with Crippen molar-refractivity contribution in [1.82, 2.24) is 9.80 Å². The molecule has 0 bridgehead atoms. The zero-order valence-electron chi connectivity index (χ0n) is 14.9. The van der Waals surface area contributed by atoms with Crippen LogP contribution >= 0.6 is 0 Å². The molecule has 0 saturated carbocycles. The maximum atomic E-state index is 12.3. The molecule has 1 aromatic rings. The van der Waals surface area contributed by atoms with Crippen molar-refractivity contribution >= 4 is 23.7 Å². The molecule has 1 heterocycles. The van der Waals surface area contributed by atoms with Crippen molar-refractivity contribution in [2.45, 2.75) is 20.8 Å². The number of hydrogen-bond donors (Lipinski definition) is 1. The molecule has 0 atom stereocenters. The highest BCUT2D eigenvalue weighted by Gasteiger charge is 2.18. The quantitative estimate of drug-likeness (QED) is 0.770. The summed E-state index contributed by atoms with van der Waals surface area (Å²) < 4.78 is 0. The maximum absolute atomic E-state index is 12.3. The van der Waals surface area contributed by atoms with Crippen LogP contribution in [-0.4, -0.2) is 67.9 Å². The molecule has 0 aliphatic carbocycles. The third kappa shape index (κ3) is 4.71. The number of carbonyl (C=O) groups excluding carboxylic acids is 2. The number of nitrogens with one attached hydrogen (secondary N) is 1. The second kappa shape index (κ2) is 8.68. The number of hydrogen-bond acceptors (Lipinski definition) is 4. The fourth-order valence-corrected chi connectivity index (χ4v) is 2.99. The van der Waals surface area contributed by atoms with E-state index in [1.54, 1.807) is 4.90 Å². The standard InChI is InChI=1S/C18H28N4O2/c1-4-22(5-2)16-6-7-17(15(3)12-16)19-18(24)13-20-8-10-21(14-23)11-9-20/h6-7,12,14H,4-5,8-11,13H2,1-3H3,(H,19,24). The van der Waals surface area contributed by atoms with Crippen LogP contribution in [-0.2, 0) is 9.59 Å². The van der Waals surface area contributed by atoms with Gasteiger partial charge in [0.25, 0.3) is 0 Å². The van der Waals surface area contributed by atoms with Crippen LogP contribution in [0.3, 0.4) is 0 Å². The smallest absolute Gasteiger partial charge is 0.238 e. The first kappa shape index (κ1) is 18.3. The van der Waals surface area contributed by atoms with Crippen LogP contribution in [0.15, 0.2) is 18.2 Å². The van der Waals surface area contributed by atoms with Crippen LogP contribution in [0.25, 0.3) is 0 Å². The van der Waals surface area contributed by atoms with Crippen molar-refractivity contribution in [3.8, 4) is 0 Å². The highest BCUT2D eigenvalue weighted by Crippen LogP contribution is 2.22. The molecule has 1 N–H and O–H groups in total. The van der Waals surface area contributed by atoms with Crippen molar-refractivity contribution < 1.29 is 9.59 Å². The van der Waals surface area contributed by atoms with Gasteiger partial charge < -0.3 is 15.1 Å². The number of benzene rings is 1. The first-order valence-corrected chi connectivity index (χ1v) is 8.64. The van der Waals surface area contributed by atoms with Crippen molar-refractivity contribution in [1.29, 1.82) is 0 Å². The van der Waals surface area contributed by atoms with E-state index in [-0.39, 0.29) is 5.91 Å². The summed E-state index contributed by atoms with van der Waals surface area (Å²) in [5.41, 5.74) is 3.11. The van der Waals surface area contributed by atoms with Crippen molar-refractivity contribution in [2.24, 2.45) is 0 Å². The Morgan fingerprint density at radius 3 is 2.42 bits per heavy atom. The van der Waals surface area contributed by atoms with Gasteiger partial charge in [-0.25, -0.2) is 0 Å². The normalized spacial score (nSPS) is 15.2. The van der Waals surface area contributed by atoms with E-state index < -0.39 is 0 Å². The minimum atomic E-state index is -0.00626. The van der Waals surface area contributed by atoms with Gasteiger partial charge in [0.15, 0.2) is 0 Å². The molecule has 1 saturated heterocycles. The lowest BCUT2D eigenvalue weighted by Gasteiger charge is -2.31. The lowest BCUT2D eigenvalue weighted by atomic mass is 10.1. The van der Waals surface area contributed by atoms with Crippen LogP contribution in [0.1, 0.15) is 19.4 Å². The van der Waals surface area contributed by atoms with Crippen LogP contribution in [0.2, 0.25) is 0 Å². The number of piperazine rings is 1. The number of rotatable bonds is 7. The van der Waals surface area contributed by atoms with Gasteiger partial charge in [-0.15, -0.1) is 0 Å². The average Bonchev–Trinajstić information content (AvgIpc) is 2.59. The molecule has 6 heteroatoms. The van der Waals surface area contributed by atoms with E-state index in [4.69, 9.17) is 0 Å². The Morgan fingerprint density at radius 1 is 1.21 bits per heavy atom. The molecular formula is C18H28N4O2. The molecular weight excluding hydrogens is 304 g/mol. The second-order valence-corrected chi connectivity index (χ2v) is 6.14. The predicted octanol–water partition coefficient (Wildman–Crippen LogP) is 1.55. The monoisotopic (exact) mass is 332 g/mol. The topological polar surface area (TPSA) is 55.9 Å². The molecule has 24 heavy (non-hydrogen) atoms. The molecule has 0 spiro atoms. The van der Waals surface area contributed by atoms with E-state index in [1.165, 1.54) is 5.69 Å². The van der Waals surface area contributed by atoms with Crippen molar-refractivity contribution in [2.75, 3.05) is 56.0 Å². The number of anilines is 2. The summed E-state index contributed by atoms with van der Waals surface area (Å²) in [4.78, 5) is 29.1. The van der Waals surface area contributed by atoms with Crippen molar-refractivity contribution in [3.05, 3.63) is 23.8 Å². The highest BCUT2D eigenvalue weighted by molar-refractivity contribution is 5.93. The first-order chi connectivity index (χ1) is 11.6. The van der Waals surface area contributed by atoms with Crippen molar-refractivity contribution in [3.63, 3.8) is 0 Å². The molecule has 0 radical (unpaired) electrons. The minimum Gasteiger partial charge on any atom is -0.372 e. The van der Waals surface area contributed by atoms with Crippen LogP contribution in [0.4, 0.5) is 11.4 Å². The predicted molar refractivity (Wildman–Crippen MR) is 97.4 cm³/mol. The Labute approximate surface area is 144 Å². The van der Waals surface area contributed by atoms with Gasteiger partial charge in [-0.2, -0.15) is 0 Å². The Kier molecular flexibility index (Phi) is 6.61. The van der Waals surface area contributed by atoms with E-state index in [1.807, 2.05) is 13.0 Å². The summed E-state index contributed by atoms with van der Waals surface area (Å²) >= 11 is 0. The van der Waals surface area contributed by atoms with Gasteiger partial charge in [-0.3, -0.25) is 14.5 Å². The SMILES string of the molecule is CCN(CC)c1ccc(NC(=O)CN2CCN(C=O)CC2)c(C)c1.